The Balaban J connectivity index is 1.55. The van der Waals surface area contributed by atoms with Gasteiger partial charge in [0.1, 0.15) is 0 Å². The lowest BCUT2D eigenvalue weighted by Gasteiger charge is -2.52. The molecule has 3 nitrogen and oxygen atoms in total. The van der Waals surface area contributed by atoms with Gasteiger partial charge in [0, 0.05) is 22.9 Å². The van der Waals surface area contributed by atoms with E-state index in [0.29, 0.717) is 22.9 Å². The lowest BCUT2D eigenvalue weighted by molar-refractivity contribution is -0.153. The summed E-state index contributed by atoms with van der Waals surface area (Å²) in [7, 11) is 0. The van der Waals surface area contributed by atoms with Crippen LogP contribution in [0, 0.1) is 11.8 Å². The highest BCUT2D eigenvalue weighted by Gasteiger charge is 2.49. The summed E-state index contributed by atoms with van der Waals surface area (Å²) in [5, 5.41) is 3.90. The van der Waals surface area contributed by atoms with Crippen molar-refractivity contribution in [2.75, 3.05) is 0 Å². The molecule has 5 atom stereocenters. The van der Waals surface area contributed by atoms with Crippen molar-refractivity contribution in [3.63, 3.8) is 0 Å². The van der Waals surface area contributed by atoms with Gasteiger partial charge in [0.15, 0.2) is 0 Å². The van der Waals surface area contributed by atoms with E-state index in [4.69, 9.17) is 16.3 Å². The number of fused-ring (bicyclic) bond motifs is 1. The lowest BCUT2D eigenvalue weighted by Crippen LogP contribution is -2.60. The average Bonchev–Trinajstić information content (AvgIpc) is 2.74. The number of halogens is 4. The van der Waals surface area contributed by atoms with Crippen molar-refractivity contribution < 1.29 is 22.7 Å². The fourth-order valence-electron chi connectivity index (χ4n) is 5.38. The summed E-state index contributed by atoms with van der Waals surface area (Å²) in [5.74, 6) is 0.588. The molecule has 7 heteroatoms. The van der Waals surface area contributed by atoms with E-state index in [-0.39, 0.29) is 30.5 Å². The molecule has 2 aliphatic rings. The lowest BCUT2D eigenvalue weighted by atomic mass is 9.66. The molecule has 2 aromatic carbocycles. The number of nitrogens with one attached hydrogen (secondary N) is 1. The van der Waals surface area contributed by atoms with Crippen molar-refractivity contribution in [3.05, 3.63) is 70.2 Å². The number of carbonyl (C=O) groups is 1. The Bertz CT molecular complexity index is 977. The molecule has 1 amide bonds. The number of amides is 1. The van der Waals surface area contributed by atoms with Crippen LogP contribution in [0.5, 0.6) is 0 Å². The first-order valence-corrected chi connectivity index (χ1v) is 11.8. The maximum absolute atomic E-state index is 13.0. The van der Waals surface area contributed by atoms with Gasteiger partial charge >= 0.3 is 6.18 Å². The fourth-order valence-corrected chi connectivity index (χ4v) is 5.51. The van der Waals surface area contributed by atoms with Crippen molar-refractivity contribution in [2.24, 2.45) is 11.8 Å². The van der Waals surface area contributed by atoms with Gasteiger partial charge in [0.2, 0.25) is 5.91 Å². The van der Waals surface area contributed by atoms with E-state index < -0.39 is 17.3 Å². The van der Waals surface area contributed by atoms with Gasteiger partial charge in [-0.25, -0.2) is 0 Å². The topological polar surface area (TPSA) is 38.3 Å². The highest BCUT2D eigenvalue weighted by atomic mass is 35.5. The second-order valence-corrected chi connectivity index (χ2v) is 10.2. The van der Waals surface area contributed by atoms with Crippen LogP contribution in [0.4, 0.5) is 13.2 Å². The summed E-state index contributed by atoms with van der Waals surface area (Å²) < 4.78 is 45.5. The predicted octanol–water partition coefficient (Wildman–Crippen LogP) is 6.74. The molecule has 0 bridgehead atoms. The molecular weight excluding hydrogens is 451 g/mol. The first kappa shape index (κ1) is 24.1. The van der Waals surface area contributed by atoms with E-state index in [1.807, 2.05) is 12.1 Å². The molecule has 0 radical (unpaired) electrons. The summed E-state index contributed by atoms with van der Waals surface area (Å²) in [6, 6.07) is 12.4. The van der Waals surface area contributed by atoms with Crippen LogP contribution < -0.4 is 5.32 Å². The summed E-state index contributed by atoms with van der Waals surface area (Å²) in [5.41, 5.74) is 0.392. The number of hydrogen-bond acceptors (Lipinski definition) is 2. The van der Waals surface area contributed by atoms with Crippen molar-refractivity contribution in [2.45, 2.75) is 69.9 Å². The van der Waals surface area contributed by atoms with E-state index in [1.165, 1.54) is 12.1 Å². The third-order valence-electron chi connectivity index (χ3n) is 7.13. The molecule has 1 heterocycles. The normalized spacial score (nSPS) is 29.9. The molecule has 4 rings (SSSR count). The number of rotatable bonds is 4. The SMILES string of the molecule is C[C@H]1CC[C@H]2[C@H](C1)O[C@H](c1ccc(C(F)(F)F)cc1)C[C@]2(C)NC(=O)Cc1ccc(Cl)cc1. The van der Waals surface area contributed by atoms with E-state index in [2.05, 4.69) is 19.2 Å². The van der Waals surface area contributed by atoms with Crippen LogP contribution in [0.15, 0.2) is 48.5 Å². The smallest absolute Gasteiger partial charge is 0.370 e. The first-order valence-electron chi connectivity index (χ1n) is 11.4. The van der Waals surface area contributed by atoms with Crippen molar-refractivity contribution in [3.8, 4) is 0 Å². The molecule has 1 aliphatic carbocycles. The minimum atomic E-state index is -4.37. The van der Waals surface area contributed by atoms with Crippen LogP contribution >= 0.6 is 11.6 Å². The summed E-state index contributed by atoms with van der Waals surface area (Å²) >= 11 is 5.95. The molecule has 178 valence electrons. The van der Waals surface area contributed by atoms with Gasteiger partial charge in [-0.1, -0.05) is 49.2 Å². The Hall–Kier alpha value is -2.05. The largest absolute Gasteiger partial charge is 0.416 e. The molecule has 33 heavy (non-hydrogen) atoms. The van der Waals surface area contributed by atoms with Gasteiger partial charge in [-0.05, 0) is 61.1 Å². The number of benzene rings is 2. The van der Waals surface area contributed by atoms with E-state index >= 15 is 0 Å². The molecule has 2 aromatic rings. The monoisotopic (exact) mass is 479 g/mol. The molecule has 1 saturated carbocycles. The Morgan fingerprint density at radius 2 is 1.79 bits per heavy atom. The number of carbonyl (C=O) groups excluding carboxylic acids is 1. The van der Waals surface area contributed by atoms with Crippen LogP contribution in [0.25, 0.3) is 0 Å². The molecule has 0 spiro atoms. The molecular formula is C26H29ClF3NO2. The van der Waals surface area contributed by atoms with E-state index in [9.17, 15) is 18.0 Å². The standard InChI is InChI=1S/C26H29ClF3NO2/c1-16-3-12-21-22(13-16)33-23(18-6-8-19(9-7-18)26(28,29)30)15-25(21,2)31-24(32)14-17-4-10-20(27)11-5-17/h4-11,16,21-23H,3,12-15H2,1-2H3,(H,31,32)/t16-,21-,22-,23-,25-/m0/s1. The van der Waals surface area contributed by atoms with Gasteiger partial charge in [-0.2, -0.15) is 13.2 Å². The summed E-state index contributed by atoms with van der Waals surface area (Å²) in [6.45, 7) is 4.25. The molecule has 1 aliphatic heterocycles. The van der Waals surface area contributed by atoms with Crippen LogP contribution in [0.1, 0.15) is 62.3 Å². The van der Waals surface area contributed by atoms with Gasteiger partial charge in [-0.15, -0.1) is 0 Å². The van der Waals surface area contributed by atoms with E-state index in [0.717, 1.165) is 37.0 Å². The second-order valence-electron chi connectivity index (χ2n) is 9.78. The molecule has 1 saturated heterocycles. The van der Waals surface area contributed by atoms with Gasteiger partial charge in [0.25, 0.3) is 0 Å². The maximum Gasteiger partial charge on any atom is 0.416 e. The zero-order chi connectivity index (χ0) is 23.8. The van der Waals surface area contributed by atoms with Crippen molar-refractivity contribution in [1.82, 2.24) is 5.32 Å². The van der Waals surface area contributed by atoms with Crippen molar-refractivity contribution in [1.29, 1.82) is 0 Å². The molecule has 1 N–H and O–H groups in total. The minimum absolute atomic E-state index is 0.0457. The van der Waals surface area contributed by atoms with Gasteiger partial charge < -0.3 is 10.1 Å². The van der Waals surface area contributed by atoms with Gasteiger partial charge in [0.05, 0.1) is 24.2 Å². The number of alkyl halides is 3. The number of ether oxygens (including phenoxy) is 1. The van der Waals surface area contributed by atoms with Crippen LogP contribution in [-0.2, 0) is 22.1 Å². The van der Waals surface area contributed by atoms with Crippen molar-refractivity contribution >= 4 is 17.5 Å². The first-order chi connectivity index (χ1) is 15.5. The third kappa shape index (κ3) is 5.55. The van der Waals surface area contributed by atoms with Crippen LogP contribution in [0.3, 0.4) is 0 Å². The zero-order valence-electron chi connectivity index (χ0n) is 18.8. The van der Waals surface area contributed by atoms with Crippen LogP contribution in [-0.4, -0.2) is 17.6 Å². The Labute approximate surface area is 197 Å². The highest BCUT2D eigenvalue weighted by Crippen LogP contribution is 2.48. The van der Waals surface area contributed by atoms with Gasteiger partial charge in [-0.3, -0.25) is 4.79 Å². The third-order valence-corrected chi connectivity index (χ3v) is 7.39. The Morgan fingerprint density at radius 1 is 1.12 bits per heavy atom. The maximum atomic E-state index is 13.0. The Morgan fingerprint density at radius 3 is 2.42 bits per heavy atom. The van der Waals surface area contributed by atoms with E-state index in [1.54, 1.807) is 12.1 Å². The summed E-state index contributed by atoms with van der Waals surface area (Å²) in [6.07, 6.45) is -1.14. The van der Waals surface area contributed by atoms with Crippen LogP contribution in [0.2, 0.25) is 5.02 Å². The average molecular weight is 480 g/mol. The molecule has 2 fully saturated rings. The minimum Gasteiger partial charge on any atom is -0.370 e. The molecule has 0 aromatic heterocycles. The number of hydrogen-bond donors (Lipinski definition) is 1. The quantitative estimate of drug-likeness (QED) is 0.527. The Kier molecular flexibility index (Phi) is 6.79. The molecule has 0 unspecified atom stereocenters. The predicted molar refractivity (Wildman–Crippen MR) is 122 cm³/mol. The fraction of sp³-hybridized carbons (Fsp3) is 0.500. The summed E-state index contributed by atoms with van der Waals surface area (Å²) in [4.78, 5) is 13.0. The second kappa shape index (κ2) is 9.30. The highest BCUT2D eigenvalue weighted by molar-refractivity contribution is 6.30. The zero-order valence-corrected chi connectivity index (χ0v) is 19.5.